The SMILES string of the molecule is CC(Oc1ccccc1C1CC(c2ccccc2)Nc2ccccc21)C(C)N(C)C. The molecule has 30 heavy (non-hydrogen) atoms. The number of likely N-dealkylation sites (N-methyl/N-ethyl adjacent to an activating group) is 1. The molecule has 1 heterocycles. The Hall–Kier alpha value is -2.78. The van der Waals surface area contributed by atoms with Crippen molar-refractivity contribution in [2.75, 3.05) is 19.4 Å². The van der Waals surface area contributed by atoms with Crippen molar-refractivity contribution < 1.29 is 4.74 Å². The predicted molar refractivity (Wildman–Crippen MR) is 125 cm³/mol. The van der Waals surface area contributed by atoms with Crippen LogP contribution < -0.4 is 10.1 Å². The molecule has 0 aliphatic carbocycles. The van der Waals surface area contributed by atoms with Gasteiger partial charge in [0.05, 0.1) is 6.04 Å². The van der Waals surface area contributed by atoms with Crippen LogP contribution in [0.3, 0.4) is 0 Å². The Morgan fingerprint density at radius 2 is 1.47 bits per heavy atom. The summed E-state index contributed by atoms with van der Waals surface area (Å²) in [6.07, 6.45) is 1.10. The van der Waals surface area contributed by atoms with Gasteiger partial charge in [-0.1, -0.05) is 66.7 Å². The van der Waals surface area contributed by atoms with E-state index in [1.54, 1.807) is 0 Å². The maximum atomic E-state index is 6.52. The van der Waals surface area contributed by atoms with E-state index in [0.29, 0.717) is 6.04 Å². The van der Waals surface area contributed by atoms with Crippen molar-refractivity contribution in [3.63, 3.8) is 0 Å². The van der Waals surface area contributed by atoms with E-state index in [2.05, 4.69) is 117 Å². The molecule has 3 nitrogen and oxygen atoms in total. The zero-order chi connectivity index (χ0) is 21.1. The van der Waals surface area contributed by atoms with Crippen molar-refractivity contribution in [2.24, 2.45) is 0 Å². The Kier molecular flexibility index (Phi) is 6.10. The quantitative estimate of drug-likeness (QED) is 0.542. The van der Waals surface area contributed by atoms with Gasteiger partial charge >= 0.3 is 0 Å². The van der Waals surface area contributed by atoms with Crippen molar-refractivity contribution in [3.8, 4) is 5.75 Å². The number of fused-ring (bicyclic) bond motifs is 1. The van der Waals surface area contributed by atoms with E-state index >= 15 is 0 Å². The molecular weight excluding hydrogens is 368 g/mol. The van der Waals surface area contributed by atoms with Crippen LogP contribution in [0.2, 0.25) is 0 Å². The lowest BCUT2D eigenvalue weighted by molar-refractivity contribution is 0.120. The van der Waals surface area contributed by atoms with Crippen LogP contribution in [0, 0.1) is 0 Å². The van der Waals surface area contributed by atoms with E-state index in [4.69, 9.17) is 4.74 Å². The van der Waals surface area contributed by atoms with E-state index in [-0.39, 0.29) is 18.1 Å². The van der Waals surface area contributed by atoms with Crippen LogP contribution in [0.4, 0.5) is 5.69 Å². The first-order chi connectivity index (χ1) is 14.5. The second-order valence-electron chi connectivity index (χ2n) is 8.55. The van der Waals surface area contributed by atoms with Gasteiger partial charge in [-0.15, -0.1) is 0 Å². The molecule has 4 unspecified atom stereocenters. The number of rotatable bonds is 6. The highest BCUT2D eigenvalue weighted by atomic mass is 16.5. The van der Waals surface area contributed by atoms with E-state index in [1.165, 1.54) is 22.4 Å². The van der Waals surface area contributed by atoms with Gasteiger partial charge in [-0.3, -0.25) is 0 Å². The third kappa shape index (κ3) is 4.22. The zero-order valence-electron chi connectivity index (χ0n) is 18.4. The third-order valence-corrected chi connectivity index (χ3v) is 6.44. The van der Waals surface area contributed by atoms with Crippen LogP contribution in [0.15, 0.2) is 78.9 Å². The number of nitrogens with one attached hydrogen (secondary N) is 1. The molecule has 3 heteroatoms. The van der Waals surface area contributed by atoms with Gasteiger partial charge in [0.1, 0.15) is 11.9 Å². The average Bonchev–Trinajstić information content (AvgIpc) is 2.78. The van der Waals surface area contributed by atoms with E-state index in [1.807, 2.05) is 0 Å². The molecule has 1 aliphatic heterocycles. The van der Waals surface area contributed by atoms with Crippen molar-refractivity contribution >= 4 is 5.69 Å². The highest BCUT2D eigenvalue weighted by molar-refractivity contribution is 5.60. The van der Waals surface area contributed by atoms with Crippen molar-refractivity contribution in [3.05, 3.63) is 95.6 Å². The summed E-state index contributed by atoms with van der Waals surface area (Å²) in [5, 5.41) is 3.76. The number of ether oxygens (including phenoxy) is 1. The molecule has 3 aromatic carbocycles. The van der Waals surface area contributed by atoms with Crippen LogP contribution in [0.25, 0.3) is 0 Å². The predicted octanol–water partition coefficient (Wildman–Crippen LogP) is 6.09. The number of benzene rings is 3. The Morgan fingerprint density at radius 3 is 2.20 bits per heavy atom. The first kappa shape index (κ1) is 20.5. The van der Waals surface area contributed by atoms with Gasteiger partial charge in [-0.25, -0.2) is 0 Å². The summed E-state index contributed by atoms with van der Waals surface area (Å²) in [5.41, 5.74) is 5.15. The van der Waals surface area contributed by atoms with Gasteiger partial charge in [0.2, 0.25) is 0 Å². The molecule has 0 aromatic heterocycles. The van der Waals surface area contributed by atoms with Gasteiger partial charge in [0, 0.05) is 23.2 Å². The fourth-order valence-corrected chi connectivity index (χ4v) is 4.34. The first-order valence-electron chi connectivity index (χ1n) is 10.9. The smallest absolute Gasteiger partial charge is 0.123 e. The molecule has 4 atom stereocenters. The minimum absolute atomic E-state index is 0.100. The lowest BCUT2D eigenvalue weighted by Gasteiger charge is -2.35. The summed E-state index contributed by atoms with van der Waals surface area (Å²) in [7, 11) is 4.20. The zero-order valence-corrected chi connectivity index (χ0v) is 18.4. The fraction of sp³-hybridized carbons (Fsp3) is 0.333. The van der Waals surface area contributed by atoms with Crippen LogP contribution in [0.1, 0.15) is 48.9 Å². The van der Waals surface area contributed by atoms with Crippen molar-refractivity contribution in [1.82, 2.24) is 4.90 Å². The highest BCUT2D eigenvalue weighted by Gasteiger charge is 2.30. The van der Waals surface area contributed by atoms with Crippen molar-refractivity contribution in [1.29, 1.82) is 0 Å². The minimum atomic E-state index is 0.100. The summed E-state index contributed by atoms with van der Waals surface area (Å²) >= 11 is 0. The maximum Gasteiger partial charge on any atom is 0.123 e. The Morgan fingerprint density at radius 1 is 0.833 bits per heavy atom. The normalized spacial score (nSPS) is 20.2. The average molecular weight is 401 g/mol. The molecule has 0 amide bonds. The molecule has 4 rings (SSSR count). The number of hydrogen-bond acceptors (Lipinski definition) is 3. The summed E-state index contributed by atoms with van der Waals surface area (Å²) in [6, 6.07) is 28.6. The van der Waals surface area contributed by atoms with Crippen LogP contribution in [-0.2, 0) is 0 Å². The molecule has 0 saturated carbocycles. The molecule has 1 N–H and O–H groups in total. The fourth-order valence-electron chi connectivity index (χ4n) is 4.34. The van der Waals surface area contributed by atoms with E-state index < -0.39 is 0 Å². The largest absolute Gasteiger partial charge is 0.489 e. The number of hydrogen-bond donors (Lipinski definition) is 1. The lowest BCUT2D eigenvalue weighted by Crippen LogP contribution is -2.38. The van der Waals surface area contributed by atoms with Gasteiger partial charge in [0.15, 0.2) is 0 Å². The molecule has 0 saturated heterocycles. The van der Waals surface area contributed by atoms with Gasteiger partial charge in [0.25, 0.3) is 0 Å². The van der Waals surface area contributed by atoms with Crippen LogP contribution in [-0.4, -0.2) is 31.1 Å². The highest BCUT2D eigenvalue weighted by Crippen LogP contribution is 2.46. The molecule has 0 radical (unpaired) electrons. The number of para-hydroxylation sites is 2. The van der Waals surface area contributed by atoms with Crippen LogP contribution >= 0.6 is 0 Å². The van der Waals surface area contributed by atoms with Gasteiger partial charge < -0.3 is 15.0 Å². The Labute approximate surface area is 180 Å². The van der Waals surface area contributed by atoms with E-state index in [9.17, 15) is 0 Å². The molecule has 1 aliphatic rings. The first-order valence-corrected chi connectivity index (χ1v) is 10.9. The maximum absolute atomic E-state index is 6.52. The van der Waals surface area contributed by atoms with Crippen molar-refractivity contribution in [2.45, 2.75) is 44.4 Å². The van der Waals surface area contributed by atoms with Gasteiger partial charge in [-0.2, -0.15) is 0 Å². The third-order valence-electron chi connectivity index (χ3n) is 6.44. The minimum Gasteiger partial charge on any atom is -0.489 e. The molecule has 156 valence electrons. The second kappa shape index (κ2) is 8.93. The molecule has 0 fully saturated rings. The topological polar surface area (TPSA) is 24.5 Å². The molecular formula is C27H32N2O. The summed E-state index contributed by atoms with van der Waals surface area (Å²) < 4.78 is 6.52. The Balaban J connectivity index is 1.70. The number of nitrogens with zero attached hydrogens (tertiary/aromatic N) is 1. The summed E-state index contributed by atoms with van der Waals surface area (Å²) in [4.78, 5) is 2.21. The summed E-state index contributed by atoms with van der Waals surface area (Å²) in [6.45, 7) is 4.36. The molecule has 0 bridgehead atoms. The monoisotopic (exact) mass is 400 g/mol. The number of anilines is 1. The standard InChI is InChI=1S/C27H32N2O/c1-19(29(3)4)20(2)30-27-17-11-9-15-23(27)24-18-26(21-12-6-5-7-13-21)28-25-16-10-8-14-22(24)25/h5-17,19-20,24,26,28H,18H2,1-4H3. The van der Waals surface area contributed by atoms with Gasteiger partial charge in [-0.05, 0) is 57.6 Å². The second-order valence-corrected chi connectivity index (χ2v) is 8.55. The van der Waals surface area contributed by atoms with E-state index in [0.717, 1.165) is 12.2 Å². The molecule has 3 aromatic rings. The van der Waals surface area contributed by atoms with Crippen LogP contribution in [0.5, 0.6) is 5.75 Å². The molecule has 0 spiro atoms. The summed E-state index contributed by atoms with van der Waals surface area (Å²) in [5.74, 6) is 1.28. The lowest BCUT2D eigenvalue weighted by atomic mass is 9.80. The Bertz CT molecular complexity index is 969.